The standard InChI is InChI=1S/C19H26O3/c1-14(6-9-18-19(2,3)22-18)10-12-20-16-8-7-15-5-4-11-21-17(15)13-16/h7-8,10,13,18H,4-6,9,11-12H2,1-3H3/b14-10+. The second-order valence-corrected chi connectivity index (χ2v) is 6.83. The summed E-state index contributed by atoms with van der Waals surface area (Å²) in [7, 11) is 0. The Morgan fingerprint density at radius 3 is 3.00 bits per heavy atom. The molecule has 0 bridgehead atoms. The van der Waals surface area contributed by atoms with Gasteiger partial charge in [0, 0.05) is 6.07 Å². The Morgan fingerprint density at radius 2 is 2.23 bits per heavy atom. The quantitative estimate of drug-likeness (QED) is 0.580. The third kappa shape index (κ3) is 3.83. The lowest BCUT2D eigenvalue weighted by atomic mass is 10.0. The first-order valence-electron chi connectivity index (χ1n) is 8.26. The average Bonchev–Trinajstić information content (AvgIpc) is 3.12. The van der Waals surface area contributed by atoms with E-state index >= 15 is 0 Å². The van der Waals surface area contributed by atoms with E-state index in [4.69, 9.17) is 14.2 Å². The zero-order chi connectivity index (χ0) is 15.6. The summed E-state index contributed by atoms with van der Waals surface area (Å²) in [6.45, 7) is 7.89. The Kier molecular flexibility index (Phi) is 4.44. The third-order valence-corrected chi connectivity index (χ3v) is 4.53. The van der Waals surface area contributed by atoms with Crippen molar-refractivity contribution in [2.45, 2.75) is 58.2 Å². The van der Waals surface area contributed by atoms with Gasteiger partial charge in [0.25, 0.3) is 0 Å². The van der Waals surface area contributed by atoms with Crippen LogP contribution in [0.15, 0.2) is 29.8 Å². The zero-order valence-corrected chi connectivity index (χ0v) is 13.9. The van der Waals surface area contributed by atoms with Gasteiger partial charge in [-0.2, -0.15) is 0 Å². The van der Waals surface area contributed by atoms with Crippen molar-refractivity contribution in [1.29, 1.82) is 0 Å². The summed E-state index contributed by atoms with van der Waals surface area (Å²) in [4.78, 5) is 0. The molecule has 1 unspecified atom stereocenters. The minimum atomic E-state index is 0.0971. The Labute approximate surface area is 133 Å². The lowest BCUT2D eigenvalue weighted by molar-refractivity contribution is 0.284. The number of ether oxygens (including phenoxy) is 3. The zero-order valence-electron chi connectivity index (χ0n) is 13.9. The predicted octanol–water partition coefficient (Wildman–Crippen LogP) is 4.29. The topological polar surface area (TPSA) is 31.0 Å². The van der Waals surface area contributed by atoms with Crippen molar-refractivity contribution >= 4 is 0 Å². The molecule has 1 aromatic carbocycles. The molecule has 0 amide bonds. The smallest absolute Gasteiger partial charge is 0.126 e. The molecule has 0 spiro atoms. The van der Waals surface area contributed by atoms with Crippen LogP contribution in [0.25, 0.3) is 0 Å². The molecule has 0 N–H and O–H groups in total. The van der Waals surface area contributed by atoms with Crippen LogP contribution >= 0.6 is 0 Å². The van der Waals surface area contributed by atoms with E-state index in [-0.39, 0.29) is 5.60 Å². The van der Waals surface area contributed by atoms with E-state index in [1.54, 1.807) is 0 Å². The van der Waals surface area contributed by atoms with Gasteiger partial charge in [0.05, 0.1) is 18.3 Å². The number of allylic oxidation sites excluding steroid dienone is 1. The number of fused-ring (bicyclic) bond motifs is 1. The second-order valence-electron chi connectivity index (χ2n) is 6.83. The first-order chi connectivity index (χ1) is 10.5. The van der Waals surface area contributed by atoms with Crippen LogP contribution in [0.4, 0.5) is 0 Å². The minimum absolute atomic E-state index is 0.0971. The van der Waals surface area contributed by atoms with E-state index in [0.717, 1.165) is 43.8 Å². The normalized spacial score (nSPS) is 22.7. The Bertz CT molecular complexity index is 560. The van der Waals surface area contributed by atoms with E-state index in [0.29, 0.717) is 12.7 Å². The maximum atomic E-state index is 5.82. The van der Waals surface area contributed by atoms with Crippen molar-refractivity contribution in [3.63, 3.8) is 0 Å². The first kappa shape index (κ1) is 15.4. The summed E-state index contributed by atoms with van der Waals surface area (Å²) in [6.07, 6.45) is 6.97. The van der Waals surface area contributed by atoms with E-state index in [1.165, 1.54) is 11.1 Å². The highest BCUT2D eigenvalue weighted by Gasteiger charge is 2.46. The SMILES string of the molecule is C/C(=C\COc1ccc2c(c1)OCCC2)CCC1OC1(C)C. The monoisotopic (exact) mass is 302 g/mol. The predicted molar refractivity (Wildman–Crippen MR) is 87.7 cm³/mol. The molecular formula is C19H26O3. The van der Waals surface area contributed by atoms with Crippen molar-refractivity contribution < 1.29 is 14.2 Å². The summed E-state index contributed by atoms with van der Waals surface area (Å²) in [5, 5.41) is 0. The van der Waals surface area contributed by atoms with Crippen LogP contribution in [0, 0.1) is 0 Å². The maximum absolute atomic E-state index is 5.82. The highest BCUT2D eigenvalue weighted by molar-refractivity contribution is 5.41. The summed E-state index contributed by atoms with van der Waals surface area (Å²) in [5.41, 5.74) is 2.75. The van der Waals surface area contributed by atoms with Crippen molar-refractivity contribution in [1.82, 2.24) is 0 Å². The van der Waals surface area contributed by atoms with Crippen LogP contribution in [0.2, 0.25) is 0 Å². The minimum Gasteiger partial charge on any atom is -0.493 e. The molecule has 3 nitrogen and oxygen atoms in total. The van der Waals surface area contributed by atoms with Gasteiger partial charge in [-0.05, 0) is 64.2 Å². The molecular weight excluding hydrogens is 276 g/mol. The van der Waals surface area contributed by atoms with Gasteiger partial charge in [0.1, 0.15) is 18.1 Å². The number of benzene rings is 1. The number of hydrogen-bond donors (Lipinski definition) is 0. The second kappa shape index (κ2) is 6.33. The highest BCUT2D eigenvalue weighted by Crippen LogP contribution is 2.38. The fourth-order valence-corrected chi connectivity index (χ4v) is 2.89. The third-order valence-electron chi connectivity index (χ3n) is 4.53. The number of hydrogen-bond acceptors (Lipinski definition) is 3. The molecule has 1 saturated heterocycles. The molecule has 1 atom stereocenters. The Balaban J connectivity index is 1.45. The van der Waals surface area contributed by atoms with Crippen LogP contribution in [0.3, 0.4) is 0 Å². The number of epoxide rings is 1. The van der Waals surface area contributed by atoms with Crippen LogP contribution < -0.4 is 9.47 Å². The maximum Gasteiger partial charge on any atom is 0.126 e. The van der Waals surface area contributed by atoms with Gasteiger partial charge in [-0.25, -0.2) is 0 Å². The van der Waals surface area contributed by atoms with E-state index < -0.39 is 0 Å². The number of rotatable bonds is 6. The molecule has 3 rings (SSSR count). The lowest BCUT2D eigenvalue weighted by Gasteiger charge is -2.17. The first-order valence-corrected chi connectivity index (χ1v) is 8.26. The van der Waals surface area contributed by atoms with Gasteiger partial charge in [0.15, 0.2) is 0 Å². The fraction of sp³-hybridized carbons (Fsp3) is 0.579. The molecule has 1 aromatic rings. The molecule has 0 radical (unpaired) electrons. The molecule has 2 heterocycles. The van der Waals surface area contributed by atoms with Crippen LogP contribution in [0.5, 0.6) is 11.5 Å². The van der Waals surface area contributed by atoms with Gasteiger partial charge < -0.3 is 14.2 Å². The van der Waals surface area contributed by atoms with E-state index in [1.807, 2.05) is 12.1 Å². The van der Waals surface area contributed by atoms with Gasteiger partial charge in [-0.3, -0.25) is 0 Å². The van der Waals surface area contributed by atoms with Crippen molar-refractivity contribution in [3.8, 4) is 11.5 Å². The van der Waals surface area contributed by atoms with Crippen molar-refractivity contribution in [3.05, 3.63) is 35.4 Å². The molecule has 120 valence electrons. The molecule has 2 aliphatic heterocycles. The molecule has 22 heavy (non-hydrogen) atoms. The van der Waals surface area contributed by atoms with Gasteiger partial charge in [-0.1, -0.05) is 11.6 Å². The van der Waals surface area contributed by atoms with Gasteiger partial charge in [-0.15, -0.1) is 0 Å². The van der Waals surface area contributed by atoms with Crippen LogP contribution in [0.1, 0.15) is 45.6 Å². The summed E-state index contributed by atoms with van der Waals surface area (Å²) in [6, 6.07) is 6.17. The van der Waals surface area contributed by atoms with Crippen molar-refractivity contribution in [2.75, 3.05) is 13.2 Å². The molecule has 3 heteroatoms. The largest absolute Gasteiger partial charge is 0.493 e. The van der Waals surface area contributed by atoms with Crippen molar-refractivity contribution in [2.24, 2.45) is 0 Å². The fourth-order valence-electron chi connectivity index (χ4n) is 2.89. The average molecular weight is 302 g/mol. The van der Waals surface area contributed by atoms with E-state index in [9.17, 15) is 0 Å². The molecule has 0 saturated carbocycles. The highest BCUT2D eigenvalue weighted by atomic mass is 16.6. The lowest BCUT2D eigenvalue weighted by Crippen LogP contribution is -2.08. The van der Waals surface area contributed by atoms with Gasteiger partial charge in [0.2, 0.25) is 0 Å². The Morgan fingerprint density at radius 1 is 1.41 bits per heavy atom. The molecule has 0 aliphatic carbocycles. The Hall–Kier alpha value is -1.48. The molecule has 0 aromatic heterocycles. The van der Waals surface area contributed by atoms with E-state index in [2.05, 4.69) is 32.9 Å². The summed E-state index contributed by atoms with van der Waals surface area (Å²) in [5.74, 6) is 1.87. The van der Waals surface area contributed by atoms with Gasteiger partial charge >= 0.3 is 0 Å². The van der Waals surface area contributed by atoms with Crippen LogP contribution in [-0.2, 0) is 11.2 Å². The summed E-state index contributed by atoms with van der Waals surface area (Å²) >= 11 is 0. The molecule has 2 aliphatic rings. The summed E-state index contributed by atoms with van der Waals surface area (Å²) < 4.78 is 17.1. The van der Waals surface area contributed by atoms with Crippen LogP contribution in [-0.4, -0.2) is 24.9 Å². The molecule has 1 fully saturated rings. The number of aryl methyl sites for hydroxylation is 1.